The summed E-state index contributed by atoms with van der Waals surface area (Å²) in [6, 6.07) is 15.3. The topological polar surface area (TPSA) is 12.0 Å². The normalized spacial score (nSPS) is 11.9. The molecule has 18 heavy (non-hydrogen) atoms. The molecule has 0 atom stereocenters. The van der Waals surface area contributed by atoms with Crippen LogP contribution in [0.5, 0.6) is 0 Å². The van der Waals surface area contributed by atoms with Crippen LogP contribution in [0.2, 0.25) is 0 Å². The first kappa shape index (κ1) is 13.1. The van der Waals surface area contributed by atoms with Crippen LogP contribution in [0, 0.1) is 5.41 Å². The molecule has 0 saturated carbocycles. The van der Waals surface area contributed by atoms with E-state index in [4.69, 9.17) is 0 Å². The summed E-state index contributed by atoms with van der Waals surface area (Å²) < 4.78 is 0. The van der Waals surface area contributed by atoms with Crippen molar-refractivity contribution in [1.29, 1.82) is 0 Å². The summed E-state index contributed by atoms with van der Waals surface area (Å²) in [6.07, 6.45) is 1.11. The van der Waals surface area contributed by atoms with Gasteiger partial charge in [0.05, 0.1) is 0 Å². The van der Waals surface area contributed by atoms with Crippen LogP contribution in [0.25, 0.3) is 10.8 Å². The van der Waals surface area contributed by atoms with Crippen molar-refractivity contribution in [3.8, 4) is 0 Å². The Morgan fingerprint density at radius 3 is 2.50 bits per heavy atom. The predicted octanol–water partition coefficient (Wildman–Crippen LogP) is 4.02. The Morgan fingerprint density at radius 2 is 1.72 bits per heavy atom. The van der Waals surface area contributed by atoms with Gasteiger partial charge in [0, 0.05) is 6.54 Å². The maximum atomic E-state index is 3.46. The van der Waals surface area contributed by atoms with Gasteiger partial charge in [-0.3, -0.25) is 0 Å². The smallest absolute Gasteiger partial charge is 0.000559 e. The number of rotatable bonds is 5. The second-order valence-electron chi connectivity index (χ2n) is 5.76. The fraction of sp³-hybridized carbons (Fsp3) is 0.412. The molecule has 0 unspecified atom stereocenters. The van der Waals surface area contributed by atoms with Crippen LogP contribution in [0.15, 0.2) is 42.5 Å². The molecule has 0 spiro atoms. The standard InChI is InChI=1S/C17H23N/c1-4-18-13-17(2,3)12-15-10-7-9-14-8-5-6-11-16(14)15/h5-11,18H,4,12-13H2,1-3H3. The van der Waals surface area contributed by atoms with E-state index >= 15 is 0 Å². The third-order valence-corrected chi connectivity index (χ3v) is 3.40. The lowest BCUT2D eigenvalue weighted by Crippen LogP contribution is -2.31. The molecule has 0 aromatic heterocycles. The minimum atomic E-state index is 0.292. The van der Waals surface area contributed by atoms with E-state index in [0.29, 0.717) is 5.41 Å². The molecule has 0 bridgehead atoms. The third-order valence-electron chi connectivity index (χ3n) is 3.40. The molecule has 1 nitrogen and oxygen atoms in total. The summed E-state index contributed by atoms with van der Waals surface area (Å²) in [5.41, 5.74) is 1.75. The second kappa shape index (κ2) is 5.53. The predicted molar refractivity (Wildman–Crippen MR) is 80.0 cm³/mol. The van der Waals surface area contributed by atoms with Crippen LogP contribution in [0.1, 0.15) is 26.3 Å². The van der Waals surface area contributed by atoms with Crippen molar-refractivity contribution >= 4 is 10.8 Å². The van der Waals surface area contributed by atoms with E-state index < -0.39 is 0 Å². The van der Waals surface area contributed by atoms with E-state index in [0.717, 1.165) is 19.5 Å². The first-order valence-corrected chi connectivity index (χ1v) is 6.80. The lowest BCUT2D eigenvalue weighted by molar-refractivity contribution is 0.343. The number of hydrogen-bond acceptors (Lipinski definition) is 1. The molecule has 1 heteroatoms. The summed E-state index contributed by atoms with van der Waals surface area (Å²) in [6.45, 7) is 8.93. The summed E-state index contributed by atoms with van der Waals surface area (Å²) >= 11 is 0. The molecular weight excluding hydrogens is 218 g/mol. The molecule has 0 fully saturated rings. The zero-order chi connectivity index (χ0) is 13.0. The second-order valence-corrected chi connectivity index (χ2v) is 5.76. The molecule has 0 aliphatic carbocycles. The molecule has 0 amide bonds. The summed E-state index contributed by atoms with van der Waals surface area (Å²) in [5, 5.41) is 6.19. The zero-order valence-corrected chi connectivity index (χ0v) is 11.7. The quantitative estimate of drug-likeness (QED) is 0.833. The van der Waals surface area contributed by atoms with Gasteiger partial charge in [0.25, 0.3) is 0 Å². The monoisotopic (exact) mass is 241 g/mol. The van der Waals surface area contributed by atoms with E-state index in [1.165, 1.54) is 16.3 Å². The molecule has 2 aromatic rings. The Balaban J connectivity index is 2.26. The third kappa shape index (κ3) is 3.11. The molecule has 0 aliphatic rings. The van der Waals surface area contributed by atoms with Gasteiger partial charge in [-0.25, -0.2) is 0 Å². The van der Waals surface area contributed by atoms with Gasteiger partial charge in [0.15, 0.2) is 0 Å². The van der Waals surface area contributed by atoms with Gasteiger partial charge in [0.2, 0.25) is 0 Å². The molecule has 0 saturated heterocycles. The van der Waals surface area contributed by atoms with E-state index in [1.807, 2.05) is 0 Å². The Morgan fingerprint density at radius 1 is 1.00 bits per heavy atom. The Kier molecular flexibility index (Phi) is 4.03. The highest BCUT2D eigenvalue weighted by molar-refractivity contribution is 5.85. The maximum absolute atomic E-state index is 3.46. The van der Waals surface area contributed by atoms with Crippen LogP contribution >= 0.6 is 0 Å². The Bertz CT molecular complexity index is 509. The van der Waals surface area contributed by atoms with Crippen LogP contribution in [-0.4, -0.2) is 13.1 Å². The first-order chi connectivity index (χ1) is 8.62. The van der Waals surface area contributed by atoms with Gasteiger partial charge in [-0.1, -0.05) is 63.2 Å². The summed E-state index contributed by atoms with van der Waals surface area (Å²) in [5.74, 6) is 0. The van der Waals surface area contributed by atoms with Crippen molar-refractivity contribution < 1.29 is 0 Å². The van der Waals surface area contributed by atoms with Gasteiger partial charge in [-0.2, -0.15) is 0 Å². The van der Waals surface area contributed by atoms with Crippen LogP contribution in [0.4, 0.5) is 0 Å². The number of fused-ring (bicyclic) bond motifs is 1. The van der Waals surface area contributed by atoms with E-state index in [-0.39, 0.29) is 0 Å². The Hall–Kier alpha value is -1.34. The molecule has 0 heterocycles. The van der Waals surface area contributed by atoms with Crippen molar-refractivity contribution in [1.82, 2.24) is 5.32 Å². The molecule has 96 valence electrons. The van der Waals surface area contributed by atoms with Gasteiger partial charge >= 0.3 is 0 Å². The minimum absolute atomic E-state index is 0.292. The first-order valence-electron chi connectivity index (χ1n) is 6.80. The fourth-order valence-electron chi connectivity index (χ4n) is 2.49. The molecule has 2 aromatic carbocycles. The highest BCUT2D eigenvalue weighted by Gasteiger charge is 2.18. The van der Waals surface area contributed by atoms with Crippen molar-refractivity contribution in [3.63, 3.8) is 0 Å². The molecule has 1 N–H and O–H groups in total. The maximum Gasteiger partial charge on any atom is 0.000559 e. The highest BCUT2D eigenvalue weighted by atomic mass is 14.9. The summed E-state index contributed by atoms with van der Waals surface area (Å²) in [4.78, 5) is 0. The van der Waals surface area contributed by atoms with Gasteiger partial charge < -0.3 is 5.32 Å². The lowest BCUT2D eigenvalue weighted by Gasteiger charge is -2.25. The molecular formula is C17H23N. The van der Waals surface area contributed by atoms with E-state index in [2.05, 4.69) is 68.6 Å². The van der Waals surface area contributed by atoms with E-state index in [9.17, 15) is 0 Å². The van der Waals surface area contributed by atoms with Crippen molar-refractivity contribution in [2.75, 3.05) is 13.1 Å². The van der Waals surface area contributed by atoms with Crippen molar-refractivity contribution in [2.24, 2.45) is 5.41 Å². The number of nitrogens with one attached hydrogen (secondary N) is 1. The molecule has 0 radical (unpaired) electrons. The largest absolute Gasteiger partial charge is 0.316 e. The lowest BCUT2D eigenvalue weighted by atomic mass is 9.84. The average Bonchev–Trinajstić information content (AvgIpc) is 2.37. The highest BCUT2D eigenvalue weighted by Crippen LogP contribution is 2.26. The SMILES string of the molecule is CCNCC(C)(C)Cc1cccc2ccccc12. The number of benzene rings is 2. The number of hydrogen-bond donors (Lipinski definition) is 1. The van der Waals surface area contributed by atoms with Crippen LogP contribution in [-0.2, 0) is 6.42 Å². The van der Waals surface area contributed by atoms with Crippen LogP contribution < -0.4 is 5.32 Å². The van der Waals surface area contributed by atoms with Crippen molar-refractivity contribution in [3.05, 3.63) is 48.0 Å². The van der Waals surface area contributed by atoms with Gasteiger partial charge in [-0.15, -0.1) is 0 Å². The van der Waals surface area contributed by atoms with Crippen LogP contribution in [0.3, 0.4) is 0 Å². The van der Waals surface area contributed by atoms with Gasteiger partial charge in [-0.05, 0) is 34.7 Å². The van der Waals surface area contributed by atoms with Gasteiger partial charge in [0.1, 0.15) is 0 Å². The zero-order valence-electron chi connectivity index (χ0n) is 11.7. The van der Waals surface area contributed by atoms with E-state index in [1.54, 1.807) is 0 Å². The minimum Gasteiger partial charge on any atom is -0.316 e. The molecule has 2 rings (SSSR count). The average molecular weight is 241 g/mol. The molecule has 0 aliphatic heterocycles. The fourth-order valence-corrected chi connectivity index (χ4v) is 2.49. The Labute approximate surface area is 110 Å². The summed E-state index contributed by atoms with van der Waals surface area (Å²) in [7, 11) is 0. The van der Waals surface area contributed by atoms with Crippen molar-refractivity contribution in [2.45, 2.75) is 27.2 Å².